The Morgan fingerprint density at radius 1 is 0.971 bits per heavy atom. The summed E-state index contributed by atoms with van der Waals surface area (Å²) in [5, 5.41) is 18.1. The molecule has 0 saturated heterocycles. The topological polar surface area (TPSA) is 93.5 Å². The number of ether oxygens (including phenoxy) is 1. The van der Waals surface area contributed by atoms with Gasteiger partial charge < -0.3 is 15.2 Å². The van der Waals surface area contributed by atoms with Crippen LogP contribution >= 0.6 is 0 Å². The van der Waals surface area contributed by atoms with E-state index >= 15 is 0 Å². The van der Waals surface area contributed by atoms with Gasteiger partial charge in [-0.25, -0.2) is 4.68 Å². The summed E-state index contributed by atoms with van der Waals surface area (Å²) in [6.07, 6.45) is -1.00. The molecule has 0 radical (unpaired) electrons. The molecule has 1 amide bonds. The molecule has 0 aliphatic rings. The van der Waals surface area contributed by atoms with Gasteiger partial charge in [0.1, 0.15) is 18.5 Å². The average molecular weight is 472 g/mol. The maximum Gasteiger partial charge on any atom is 0.274 e. The van der Waals surface area contributed by atoms with E-state index < -0.39 is 12.0 Å². The van der Waals surface area contributed by atoms with Gasteiger partial charge in [0.15, 0.2) is 5.69 Å². The van der Waals surface area contributed by atoms with Crippen LogP contribution in [0, 0.1) is 0 Å². The van der Waals surface area contributed by atoms with E-state index in [9.17, 15) is 14.7 Å². The van der Waals surface area contributed by atoms with Gasteiger partial charge in [0.25, 0.3) is 11.5 Å². The van der Waals surface area contributed by atoms with Crippen LogP contribution in [-0.2, 0) is 12.0 Å². The molecule has 180 valence electrons. The highest BCUT2D eigenvalue weighted by atomic mass is 16.5. The molecule has 35 heavy (non-hydrogen) atoms. The van der Waals surface area contributed by atoms with Gasteiger partial charge in [0.05, 0.1) is 11.9 Å². The maximum absolute atomic E-state index is 12.9. The van der Waals surface area contributed by atoms with Crippen molar-refractivity contribution in [1.29, 1.82) is 0 Å². The third-order valence-corrected chi connectivity index (χ3v) is 6.21. The predicted molar refractivity (Wildman–Crippen MR) is 136 cm³/mol. The summed E-state index contributed by atoms with van der Waals surface area (Å²) in [6.45, 7) is 4.21. The van der Waals surface area contributed by atoms with E-state index in [4.69, 9.17) is 4.74 Å². The Morgan fingerprint density at radius 3 is 2.23 bits per heavy atom. The van der Waals surface area contributed by atoms with Crippen LogP contribution in [-0.4, -0.2) is 40.6 Å². The largest absolute Gasteiger partial charge is 0.491 e. The average Bonchev–Trinajstić information content (AvgIpc) is 2.89. The van der Waals surface area contributed by atoms with E-state index in [0.717, 1.165) is 10.2 Å². The van der Waals surface area contributed by atoms with Crippen LogP contribution in [0.15, 0.2) is 83.7 Å². The standard InChI is InChI=1S/C28H29N3O4/c1-28(2,19-9-5-4-6-10-19)20-13-15-22(16-14-20)35-18-21(32)17-31-27(34)24-12-8-7-11-23(24)25(30-31)26(33)29-3/h4-16,21,32H,17-18H2,1-3H3,(H,29,33). The smallest absolute Gasteiger partial charge is 0.274 e. The molecule has 1 aromatic heterocycles. The number of rotatable bonds is 8. The van der Waals surface area contributed by atoms with Crippen molar-refractivity contribution in [2.75, 3.05) is 13.7 Å². The molecule has 1 atom stereocenters. The first-order valence-corrected chi connectivity index (χ1v) is 11.5. The van der Waals surface area contributed by atoms with Crippen molar-refractivity contribution in [1.82, 2.24) is 15.1 Å². The molecule has 0 fully saturated rings. The van der Waals surface area contributed by atoms with Crippen LogP contribution < -0.4 is 15.6 Å². The van der Waals surface area contributed by atoms with Crippen molar-refractivity contribution < 1.29 is 14.6 Å². The van der Waals surface area contributed by atoms with Gasteiger partial charge in [0.2, 0.25) is 0 Å². The Balaban J connectivity index is 1.46. The number of amides is 1. The van der Waals surface area contributed by atoms with Gasteiger partial charge in [-0.15, -0.1) is 0 Å². The van der Waals surface area contributed by atoms with E-state index in [2.05, 4.69) is 36.4 Å². The molecule has 0 aliphatic carbocycles. The first-order chi connectivity index (χ1) is 16.8. The second-order valence-electron chi connectivity index (χ2n) is 8.94. The molecule has 2 N–H and O–H groups in total. The summed E-state index contributed by atoms with van der Waals surface area (Å²) in [4.78, 5) is 25.2. The zero-order valence-electron chi connectivity index (χ0n) is 20.1. The molecule has 0 saturated carbocycles. The Kier molecular flexibility index (Phi) is 6.98. The fourth-order valence-electron chi connectivity index (χ4n) is 4.08. The summed E-state index contributed by atoms with van der Waals surface area (Å²) in [7, 11) is 1.50. The molecule has 1 unspecified atom stereocenters. The first kappa shape index (κ1) is 24.2. The van der Waals surface area contributed by atoms with Crippen molar-refractivity contribution in [3.8, 4) is 5.75 Å². The van der Waals surface area contributed by atoms with Gasteiger partial charge in [-0.3, -0.25) is 9.59 Å². The second-order valence-corrected chi connectivity index (χ2v) is 8.94. The SMILES string of the molecule is CNC(=O)c1nn(CC(O)COc2ccc(C(C)(C)c3ccccc3)cc2)c(=O)c2ccccc12. The summed E-state index contributed by atoms with van der Waals surface area (Å²) in [6, 6.07) is 24.9. The number of nitrogens with zero attached hydrogens (tertiary/aromatic N) is 2. The van der Waals surface area contributed by atoms with E-state index in [1.54, 1.807) is 24.3 Å². The fourth-order valence-corrected chi connectivity index (χ4v) is 4.08. The summed E-state index contributed by atoms with van der Waals surface area (Å²) < 4.78 is 6.88. The summed E-state index contributed by atoms with van der Waals surface area (Å²) in [5.74, 6) is 0.209. The quantitative estimate of drug-likeness (QED) is 0.410. The number of nitrogens with one attached hydrogen (secondary N) is 1. The number of carbonyl (C=O) groups is 1. The summed E-state index contributed by atoms with van der Waals surface area (Å²) >= 11 is 0. The van der Waals surface area contributed by atoms with Crippen molar-refractivity contribution >= 4 is 16.7 Å². The normalized spacial score (nSPS) is 12.3. The molecular weight excluding hydrogens is 442 g/mol. The number of hydrogen-bond donors (Lipinski definition) is 2. The lowest BCUT2D eigenvalue weighted by atomic mass is 9.78. The van der Waals surface area contributed by atoms with E-state index in [1.165, 1.54) is 12.6 Å². The molecule has 0 aliphatic heterocycles. The van der Waals surface area contributed by atoms with Crippen LogP contribution in [0.4, 0.5) is 0 Å². The third kappa shape index (κ3) is 5.10. The van der Waals surface area contributed by atoms with Gasteiger partial charge in [-0.2, -0.15) is 5.10 Å². The second kappa shape index (κ2) is 10.1. The minimum Gasteiger partial charge on any atom is -0.491 e. The maximum atomic E-state index is 12.9. The van der Waals surface area contributed by atoms with Crippen molar-refractivity contribution in [2.45, 2.75) is 31.9 Å². The zero-order chi connectivity index (χ0) is 25.0. The van der Waals surface area contributed by atoms with Crippen LogP contribution in [0.25, 0.3) is 10.8 Å². The highest BCUT2D eigenvalue weighted by Gasteiger charge is 2.23. The first-order valence-electron chi connectivity index (χ1n) is 11.5. The molecule has 4 rings (SSSR count). The summed E-state index contributed by atoms with van der Waals surface area (Å²) in [5.41, 5.74) is 1.95. The molecule has 7 nitrogen and oxygen atoms in total. The van der Waals surface area contributed by atoms with E-state index in [0.29, 0.717) is 16.5 Å². The van der Waals surface area contributed by atoms with Crippen LogP contribution in [0.3, 0.4) is 0 Å². The number of hydrogen-bond acceptors (Lipinski definition) is 5. The molecule has 0 bridgehead atoms. The number of fused-ring (bicyclic) bond motifs is 1. The monoisotopic (exact) mass is 471 g/mol. The predicted octanol–water partition coefficient (Wildman–Crippen LogP) is 3.52. The molecule has 1 heterocycles. The minimum atomic E-state index is -1.00. The number of aliphatic hydroxyl groups is 1. The lowest BCUT2D eigenvalue weighted by Crippen LogP contribution is -2.34. The third-order valence-electron chi connectivity index (χ3n) is 6.21. The van der Waals surface area contributed by atoms with E-state index in [-0.39, 0.29) is 29.8 Å². The molecular formula is C28H29N3O4. The molecule has 0 spiro atoms. The Labute approximate surface area is 204 Å². The highest BCUT2D eigenvalue weighted by molar-refractivity contribution is 6.04. The Hall–Kier alpha value is -3.97. The molecule has 3 aromatic carbocycles. The van der Waals surface area contributed by atoms with Crippen LogP contribution in [0.5, 0.6) is 5.75 Å². The Bertz CT molecular complexity index is 1380. The van der Waals surface area contributed by atoms with Crippen LogP contribution in [0.1, 0.15) is 35.5 Å². The zero-order valence-corrected chi connectivity index (χ0v) is 20.1. The van der Waals surface area contributed by atoms with Crippen LogP contribution in [0.2, 0.25) is 0 Å². The number of aliphatic hydroxyl groups excluding tert-OH is 1. The molecule has 4 aromatic rings. The van der Waals surface area contributed by atoms with Gasteiger partial charge >= 0.3 is 0 Å². The van der Waals surface area contributed by atoms with E-state index in [1.807, 2.05) is 42.5 Å². The van der Waals surface area contributed by atoms with Crippen molar-refractivity contribution in [2.24, 2.45) is 0 Å². The lowest BCUT2D eigenvalue weighted by molar-refractivity contribution is 0.0867. The fraction of sp³-hybridized carbons (Fsp3) is 0.250. The molecule has 7 heteroatoms. The van der Waals surface area contributed by atoms with Crippen molar-refractivity contribution in [3.05, 3.63) is 106 Å². The lowest BCUT2D eigenvalue weighted by Gasteiger charge is -2.26. The number of carbonyl (C=O) groups excluding carboxylic acids is 1. The minimum absolute atomic E-state index is 0.0301. The van der Waals surface area contributed by atoms with Gasteiger partial charge in [-0.1, -0.05) is 74.5 Å². The van der Waals surface area contributed by atoms with Crippen molar-refractivity contribution in [3.63, 3.8) is 0 Å². The van der Waals surface area contributed by atoms with Gasteiger partial charge in [-0.05, 0) is 29.3 Å². The Morgan fingerprint density at radius 2 is 1.57 bits per heavy atom. The highest BCUT2D eigenvalue weighted by Crippen LogP contribution is 2.32. The number of benzene rings is 3. The number of aromatic nitrogens is 2. The van der Waals surface area contributed by atoms with Gasteiger partial charge in [0, 0.05) is 17.8 Å².